The van der Waals surface area contributed by atoms with Gasteiger partial charge in [0.1, 0.15) is 12.2 Å². The summed E-state index contributed by atoms with van der Waals surface area (Å²) in [6.45, 7) is 1.36. The molecule has 134 valence electrons. The molecule has 4 rings (SSSR count). The number of nitrogens with one attached hydrogen (secondary N) is 1. The maximum atomic E-state index is 12.3. The molecule has 2 aliphatic carbocycles. The summed E-state index contributed by atoms with van der Waals surface area (Å²) < 4.78 is 3.74. The van der Waals surface area contributed by atoms with E-state index >= 15 is 0 Å². The molecule has 0 aromatic carbocycles. The van der Waals surface area contributed by atoms with Crippen LogP contribution in [0.25, 0.3) is 0 Å². The van der Waals surface area contributed by atoms with Crippen LogP contribution in [0.5, 0.6) is 0 Å². The van der Waals surface area contributed by atoms with Crippen molar-refractivity contribution in [3.8, 4) is 0 Å². The third-order valence-electron chi connectivity index (χ3n) is 5.33. The lowest BCUT2D eigenvalue weighted by Gasteiger charge is -2.14. The van der Waals surface area contributed by atoms with Gasteiger partial charge in [0.15, 0.2) is 0 Å². The van der Waals surface area contributed by atoms with Gasteiger partial charge in [-0.2, -0.15) is 5.10 Å². The van der Waals surface area contributed by atoms with Crippen LogP contribution >= 0.6 is 0 Å². The van der Waals surface area contributed by atoms with E-state index < -0.39 is 6.10 Å². The van der Waals surface area contributed by atoms with Crippen LogP contribution in [0.4, 0.5) is 0 Å². The third-order valence-corrected chi connectivity index (χ3v) is 5.33. The highest BCUT2D eigenvalue weighted by Crippen LogP contribution is 2.37. The van der Waals surface area contributed by atoms with E-state index in [2.05, 4.69) is 20.6 Å². The first kappa shape index (κ1) is 16.3. The summed E-state index contributed by atoms with van der Waals surface area (Å²) in [5.74, 6) is 1.71. The van der Waals surface area contributed by atoms with E-state index in [9.17, 15) is 9.90 Å². The van der Waals surface area contributed by atoms with Crippen molar-refractivity contribution in [2.45, 2.75) is 44.2 Å². The van der Waals surface area contributed by atoms with Crippen LogP contribution in [0.1, 0.15) is 47.8 Å². The summed E-state index contributed by atoms with van der Waals surface area (Å²) in [7, 11) is 1.91. The third kappa shape index (κ3) is 3.58. The minimum Gasteiger partial charge on any atom is -0.393 e. The summed E-state index contributed by atoms with van der Waals surface area (Å²) in [6.07, 6.45) is 8.64. The van der Waals surface area contributed by atoms with Gasteiger partial charge in [-0.3, -0.25) is 9.48 Å². The second kappa shape index (κ2) is 6.59. The fourth-order valence-electron chi connectivity index (χ4n) is 3.67. The van der Waals surface area contributed by atoms with Crippen LogP contribution < -0.4 is 5.32 Å². The van der Waals surface area contributed by atoms with E-state index in [1.807, 2.05) is 16.3 Å². The van der Waals surface area contributed by atoms with Crippen molar-refractivity contribution < 1.29 is 9.90 Å². The van der Waals surface area contributed by atoms with Crippen molar-refractivity contribution in [2.24, 2.45) is 18.9 Å². The van der Waals surface area contributed by atoms with E-state index in [1.54, 1.807) is 18.7 Å². The van der Waals surface area contributed by atoms with Crippen LogP contribution in [-0.4, -0.2) is 48.2 Å². The Kier molecular flexibility index (Phi) is 4.29. The minimum absolute atomic E-state index is 0.0344. The molecule has 0 radical (unpaired) electrons. The number of rotatable bonds is 6. The molecule has 2 aliphatic rings. The zero-order chi connectivity index (χ0) is 17.4. The Morgan fingerprint density at radius 1 is 1.40 bits per heavy atom. The number of nitrogens with zero attached hydrogens (tertiary/aromatic N) is 5. The molecule has 2 aromatic heterocycles. The van der Waals surface area contributed by atoms with Crippen molar-refractivity contribution in [2.75, 3.05) is 6.54 Å². The number of hydrogen-bond acceptors (Lipinski definition) is 5. The molecule has 8 nitrogen and oxygen atoms in total. The van der Waals surface area contributed by atoms with Gasteiger partial charge in [0.05, 0.1) is 17.9 Å². The number of aromatic nitrogens is 5. The molecule has 0 saturated heterocycles. The number of aryl methyl sites for hydroxylation is 1. The molecule has 2 saturated carbocycles. The number of carbonyl (C=O) groups excluding carboxylic acids is 1. The van der Waals surface area contributed by atoms with Crippen LogP contribution in [0.3, 0.4) is 0 Å². The second-order valence-electron chi connectivity index (χ2n) is 7.40. The molecule has 2 N–H and O–H groups in total. The largest absolute Gasteiger partial charge is 0.393 e. The molecule has 25 heavy (non-hydrogen) atoms. The highest BCUT2D eigenvalue weighted by molar-refractivity contribution is 5.93. The molecule has 3 atom stereocenters. The second-order valence-corrected chi connectivity index (χ2v) is 7.40. The van der Waals surface area contributed by atoms with Crippen LogP contribution in [0.15, 0.2) is 18.7 Å². The number of aliphatic hydroxyl groups is 1. The van der Waals surface area contributed by atoms with Gasteiger partial charge in [0, 0.05) is 38.2 Å². The maximum Gasteiger partial charge on any atom is 0.254 e. The smallest absolute Gasteiger partial charge is 0.254 e. The normalized spacial score (nSPS) is 26.1. The average Bonchev–Trinajstić information content (AvgIpc) is 2.96. The average molecular weight is 344 g/mol. The molecule has 0 spiro atoms. The van der Waals surface area contributed by atoms with Gasteiger partial charge in [-0.05, 0) is 31.6 Å². The van der Waals surface area contributed by atoms with E-state index in [-0.39, 0.29) is 17.7 Å². The summed E-state index contributed by atoms with van der Waals surface area (Å²) in [6, 6.07) is 0. The van der Waals surface area contributed by atoms with Crippen molar-refractivity contribution in [3.63, 3.8) is 0 Å². The number of aliphatic hydroxyl groups excluding tert-OH is 1. The molecule has 0 unspecified atom stereocenters. The zero-order valence-corrected chi connectivity index (χ0v) is 14.4. The van der Waals surface area contributed by atoms with Crippen molar-refractivity contribution in [1.29, 1.82) is 0 Å². The van der Waals surface area contributed by atoms with Crippen LogP contribution in [-0.2, 0) is 13.6 Å². The first-order chi connectivity index (χ1) is 12.1. The molecule has 0 bridgehead atoms. The van der Waals surface area contributed by atoms with Gasteiger partial charge in [0.2, 0.25) is 0 Å². The maximum absolute atomic E-state index is 12.3. The topological polar surface area (TPSA) is 97.9 Å². The standard InChI is InChI=1S/C17H24N6O2/c1-22-10-19-21-16(22)12-4-13(15(24)5-12)6-18-17(25)14-7-20-23(9-14)8-11-2-3-11/h7,9-13,15,24H,2-6,8H2,1H3,(H,18,25)/t12-,13+,15+/m0/s1. The summed E-state index contributed by atoms with van der Waals surface area (Å²) >= 11 is 0. The van der Waals surface area contributed by atoms with Crippen molar-refractivity contribution >= 4 is 5.91 Å². The number of amides is 1. The first-order valence-corrected chi connectivity index (χ1v) is 8.92. The van der Waals surface area contributed by atoms with Crippen LogP contribution in [0, 0.1) is 11.8 Å². The van der Waals surface area contributed by atoms with Gasteiger partial charge in [-0.25, -0.2) is 0 Å². The van der Waals surface area contributed by atoms with E-state index in [0.29, 0.717) is 18.5 Å². The molecule has 2 aromatic rings. The first-order valence-electron chi connectivity index (χ1n) is 8.92. The molecule has 1 amide bonds. The predicted molar refractivity (Wildman–Crippen MR) is 89.8 cm³/mol. The number of carbonyl (C=O) groups is 1. The monoisotopic (exact) mass is 344 g/mol. The van der Waals surface area contributed by atoms with Crippen LogP contribution in [0.2, 0.25) is 0 Å². The fraction of sp³-hybridized carbons (Fsp3) is 0.647. The molecular weight excluding hydrogens is 320 g/mol. The van der Waals surface area contributed by atoms with E-state index in [4.69, 9.17) is 0 Å². The molecule has 8 heteroatoms. The summed E-state index contributed by atoms with van der Waals surface area (Å²) in [4.78, 5) is 12.3. The Bertz CT molecular complexity index is 750. The molecule has 2 fully saturated rings. The summed E-state index contributed by atoms with van der Waals surface area (Å²) in [5, 5.41) is 25.6. The lowest BCUT2D eigenvalue weighted by Crippen LogP contribution is -2.32. The van der Waals surface area contributed by atoms with Gasteiger partial charge in [0.25, 0.3) is 5.91 Å². The Balaban J connectivity index is 1.30. The molecule has 0 aliphatic heterocycles. The van der Waals surface area contributed by atoms with Gasteiger partial charge >= 0.3 is 0 Å². The lowest BCUT2D eigenvalue weighted by molar-refractivity contribution is 0.0916. The Morgan fingerprint density at radius 2 is 2.24 bits per heavy atom. The van der Waals surface area contributed by atoms with E-state index in [0.717, 1.165) is 24.7 Å². The Labute approximate surface area is 146 Å². The highest BCUT2D eigenvalue weighted by Gasteiger charge is 2.36. The van der Waals surface area contributed by atoms with Crippen molar-refractivity contribution in [1.82, 2.24) is 29.9 Å². The van der Waals surface area contributed by atoms with Gasteiger partial charge in [-0.15, -0.1) is 10.2 Å². The predicted octanol–water partition coefficient (Wildman–Crippen LogP) is 0.706. The van der Waals surface area contributed by atoms with Gasteiger partial charge < -0.3 is 15.0 Å². The van der Waals surface area contributed by atoms with E-state index in [1.165, 1.54) is 12.8 Å². The number of hydrogen-bond donors (Lipinski definition) is 2. The lowest BCUT2D eigenvalue weighted by atomic mass is 10.0. The molecular formula is C17H24N6O2. The Morgan fingerprint density at radius 3 is 2.96 bits per heavy atom. The zero-order valence-electron chi connectivity index (χ0n) is 14.4. The van der Waals surface area contributed by atoms with Gasteiger partial charge in [-0.1, -0.05) is 0 Å². The minimum atomic E-state index is -0.431. The molecule has 2 heterocycles. The Hall–Kier alpha value is -2.22. The summed E-state index contributed by atoms with van der Waals surface area (Å²) in [5.41, 5.74) is 0.581. The fourth-order valence-corrected chi connectivity index (χ4v) is 3.67. The SMILES string of the molecule is Cn1cnnc1[C@H]1C[C@H](CNC(=O)c2cnn(CC3CC3)c2)[C@H](O)C1. The highest BCUT2D eigenvalue weighted by atomic mass is 16.3. The quantitative estimate of drug-likeness (QED) is 0.804. The van der Waals surface area contributed by atoms with Crippen molar-refractivity contribution in [3.05, 3.63) is 30.1 Å².